The Morgan fingerprint density at radius 2 is 1.93 bits per heavy atom. The molecular weight excluding hydrogens is 192 g/mol. The first-order valence-electron chi connectivity index (χ1n) is 5.77. The van der Waals surface area contributed by atoms with Crippen LogP contribution in [0.15, 0.2) is 0 Å². The van der Waals surface area contributed by atoms with Gasteiger partial charge in [0.1, 0.15) is 0 Å². The molecule has 4 nitrogen and oxygen atoms in total. The fourth-order valence-corrected chi connectivity index (χ4v) is 1.12. The van der Waals surface area contributed by atoms with Gasteiger partial charge in [-0.3, -0.25) is 9.63 Å². The van der Waals surface area contributed by atoms with Crippen molar-refractivity contribution in [1.29, 1.82) is 0 Å². The second kappa shape index (κ2) is 9.93. The lowest BCUT2D eigenvalue weighted by molar-refractivity contribution is -0.134. The Hall–Kier alpha value is -0.610. The predicted molar refractivity (Wildman–Crippen MR) is 61.1 cm³/mol. The highest BCUT2D eigenvalue weighted by Crippen LogP contribution is 2.02. The monoisotopic (exact) mass is 216 g/mol. The smallest absolute Gasteiger partial charge is 0.243 e. The Kier molecular flexibility index (Phi) is 9.52. The van der Waals surface area contributed by atoms with Crippen molar-refractivity contribution in [3.05, 3.63) is 0 Å². The zero-order chi connectivity index (χ0) is 11.5. The lowest BCUT2D eigenvalue weighted by atomic mass is 10.1. The quantitative estimate of drug-likeness (QED) is 0.454. The van der Waals surface area contributed by atoms with E-state index in [-0.39, 0.29) is 5.91 Å². The lowest BCUT2D eigenvalue weighted by Crippen LogP contribution is -2.25. The van der Waals surface area contributed by atoms with E-state index in [2.05, 4.69) is 5.48 Å². The van der Waals surface area contributed by atoms with Gasteiger partial charge in [0.15, 0.2) is 0 Å². The molecule has 15 heavy (non-hydrogen) atoms. The highest BCUT2D eigenvalue weighted by atomic mass is 16.6. The van der Waals surface area contributed by atoms with Crippen molar-refractivity contribution in [2.75, 3.05) is 13.2 Å². The van der Waals surface area contributed by atoms with Crippen LogP contribution in [0.1, 0.15) is 46.0 Å². The summed E-state index contributed by atoms with van der Waals surface area (Å²) >= 11 is 0. The van der Waals surface area contributed by atoms with Gasteiger partial charge in [-0.2, -0.15) is 0 Å². The summed E-state index contributed by atoms with van der Waals surface area (Å²) in [5, 5.41) is 0. The second-order valence-corrected chi connectivity index (χ2v) is 4.18. The molecule has 3 N–H and O–H groups in total. The number of carbonyl (C=O) groups excluding carboxylic acids is 1. The highest BCUT2D eigenvalue weighted by molar-refractivity contribution is 5.74. The minimum absolute atomic E-state index is 0.0246. The lowest BCUT2D eigenvalue weighted by Gasteiger charge is -2.07. The summed E-state index contributed by atoms with van der Waals surface area (Å²) in [5.41, 5.74) is 7.81. The molecule has 0 saturated carbocycles. The molecule has 0 rings (SSSR count). The molecule has 0 radical (unpaired) electrons. The first-order valence-corrected chi connectivity index (χ1v) is 5.77. The van der Waals surface area contributed by atoms with Gasteiger partial charge in [-0.1, -0.05) is 26.7 Å². The minimum atomic E-state index is -0.0246. The summed E-state index contributed by atoms with van der Waals surface area (Å²) in [6, 6.07) is 0. The largest absolute Gasteiger partial charge is 0.330 e. The van der Waals surface area contributed by atoms with Crippen LogP contribution in [0.4, 0.5) is 0 Å². The second-order valence-electron chi connectivity index (χ2n) is 4.18. The van der Waals surface area contributed by atoms with E-state index in [1.807, 2.05) is 13.8 Å². The molecule has 0 fully saturated rings. The topological polar surface area (TPSA) is 64.3 Å². The Morgan fingerprint density at radius 1 is 1.27 bits per heavy atom. The molecule has 0 spiro atoms. The Bertz CT molecular complexity index is 161. The van der Waals surface area contributed by atoms with Gasteiger partial charge in [0.2, 0.25) is 5.91 Å². The summed E-state index contributed by atoms with van der Waals surface area (Å²) in [6.45, 7) is 5.39. The van der Waals surface area contributed by atoms with Crippen molar-refractivity contribution in [2.45, 2.75) is 46.0 Å². The fraction of sp³-hybridized carbons (Fsp3) is 0.909. The van der Waals surface area contributed by atoms with E-state index in [0.29, 0.717) is 18.9 Å². The molecule has 0 aliphatic heterocycles. The third-order valence-corrected chi connectivity index (χ3v) is 1.96. The van der Waals surface area contributed by atoms with Crippen LogP contribution in [0.3, 0.4) is 0 Å². The zero-order valence-corrected chi connectivity index (χ0v) is 9.92. The molecule has 0 aromatic rings. The van der Waals surface area contributed by atoms with Crippen LogP contribution >= 0.6 is 0 Å². The van der Waals surface area contributed by atoms with Gasteiger partial charge in [0, 0.05) is 6.42 Å². The maximum atomic E-state index is 11.2. The van der Waals surface area contributed by atoms with Gasteiger partial charge in [-0.05, 0) is 25.3 Å². The number of nitrogens with one attached hydrogen (secondary N) is 1. The van der Waals surface area contributed by atoms with Gasteiger partial charge in [-0.25, -0.2) is 5.48 Å². The van der Waals surface area contributed by atoms with E-state index in [4.69, 9.17) is 10.6 Å². The molecule has 0 aromatic carbocycles. The van der Waals surface area contributed by atoms with Gasteiger partial charge < -0.3 is 5.73 Å². The maximum absolute atomic E-state index is 11.2. The summed E-state index contributed by atoms with van der Waals surface area (Å²) in [6.07, 6.45) is 4.68. The molecule has 0 heterocycles. The van der Waals surface area contributed by atoms with E-state index in [9.17, 15) is 4.79 Å². The van der Waals surface area contributed by atoms with Crippen LogP contribution in [0.2, 0.25) is 0 Å². The van der Waals surface area contributed by atoms with Crippen LogP contribution in [-0.4, -0.2) is 19.1 Å². The SMILES string of the molecule is CC(C)CONC(=O)CCCCCCN. The third kappa shape index (κ3) is 11.3. The van der Waals surface area contributed by atoms with Gasteiger partial charge >= 0.3 is 0 Å². The average Bonchev–Trinajstić information content (AvgIpc) is 2.17. The maximum Gasteiger partial charge on any atom is 0.243 e. The molecule has 0 atom stereocenters. The Morgan fingerprint density at radius 3 is 2.53 bits per heavy atom. The van der Waals surface area contributed by atoms with Crippen LogP contribution in [-0.2, 0) is 9.63 Å². The van der Waals surface area contributed by atoms with Crippen molar-refractivity contribution in [3.63, 3.8) is 0 Å². The van der Waals surface area contributed by atoms with Crippen molar-refractivity contribution in [1.82, 2.24) is 5.48 Å². The highest BCUT2D eigenvalue weighted by Gasteiger charge is 2.01. The minimum Gasteiger partial charge on any atom is -0.330 e. The normalized spacial score (nSPS) is 10.7. The number of amides is 1. The Balaban J connectivity index is 3.19. The standard InChI is InChI=1S/C11H24N2O2/c1-10(2)9-15-13-11(14)7-5-3-4-6-8-12/h10H,3-9,12H2,1-2H3,(H,13,14). The first-order chi connectivity index (χ1) is 7.16. The molecule has 0 aliphatic rings. The van der Waals surface area contributed by atoms with E-state index in [1.54, 1.807) is 0 Å². The molecule has 0 saturated heterocycles. The summed E-state index contributed by atoms with van der Waals surface area (Å²) in [7, 11) is 0. The molecule has 0 bridgehead atoms. The molecular formula is C11H24N2O2. The van der Waals surface area contributed by atoms with Crippen molar-refractivity contribution in [2.24, 2.45) is 11.7 Å². The average molecular weight is 216 g/mol. The number of hydrogen-bond donors (Lipinski definition) is 2. The summed E-state index contributed by atoms with van der Waals surface area (Å²) in [5.74, 6) is 0.415. The van der Waals surface area contributed by atoms with E-state index in [1.165, 1.54) is 0 Å². The number of carbonyl (C=O) groups is 1. The summed E-state index contributed by atoms with van der Waals surface area (Å²) in [4.78, 5) is 16.2. The number of hydroxylamine groups is 1. The molecule has 0 aromatic heterocycles. The molecule has 90 valence electrons. The molecule has 0 unspecified atom stereocenters. The van der Waals surface area contributed by atoms with Crippen molar-refractivity contribution < 1.29 is 9.63 Å². The third-order valence-electron chi connectivity index (χ3n) is 1.96. The van der Waals surface area contributed by atoms with Gasteiger partial charge in [0.25, 0.3) is 0 Å². The van der Waals surface area contributed by atoms with E-state index < -0.39 is 0 Å². The zero-order valence-electron chi connectivity index (χ0n) is 9.92. The number of rotatable bonds is 9. The van der Waals surface area contributed by atoms with Crippen LogP contribution in [0, 0.1) is 5.92 Å². The van der Waals surface area contributed by atoms with E-state index >= 15 is 0 Å². The number of unbranched alkanes of at least 4 members (excludes halogenated alkanes) is 3. The molecule has 1 amide bonds. The van der Waals surface area contributed by atoms with Gasteiger partial charge in [0.05, 0.1) is 6.61 Å². The van der Waals surface area contributed by atoms with Crippen molar-refractivity contribution >= 4 is 5.91 Å². The first kappa shape index (κ1) is 14.4. The van der Waals surface area contributed by atoms with Crippen LogP contribution in [0.5, 0.6) is 0 Å². The van der Waals surface area contributed by atoms with Crippen LogP contribution < -0.4 is 11.2 Å². The predicted octanol–water partition coefficient (Wildman–Crippen LogP) is 1.60. The van der Waals surface area contributed by atoms with Crippen LogP contribution in [0.25, 0.3) is 0 Å². The fourth-order valence-electron chi connectivity index (χ4n) is 1.12. The molecule has 0 aliphatic carbocycles. The van der Waals surface area contributed by atoms with E-state index in [0.717, 1.165) is 32.2 Å². The molecule has 4 heteroatoms. The van der Waals surface area contributed by atoms with Crippen molar-refractivity contribution in [3.8, 4) is 0 Å². The van der Waals surface area contributed by atoms with Gasteiger partial charge in [-0.15, -0.1) is 0 Å². The summed E-state index contributed by atoms with van der Waals surface area (Å²) < 4.78 is 0. The number of hydrogen-bond acceptors (Lipinski definition) is 3. The number of nitrogens with two attached hydrogens (primary N) is 1. The Labute approximate surface area is 92.5 Å².